The maximum atomic E-state index is 13.2. The topological polar surface area (TPSA) is 117 Å². The Balaban J connectivity index is 2.87. The van der Waals surface area contributed by atoms with Crippen LogP contribution in [0.5, 0.6) is 0 Å². The summed E-state index contributed by atoms with van der Waals surface area (Å²) in [6.07, 6.45) is -0.549. The lowest BCUT2D eigenvalue weighted by molar-refractivity contribution is -0.130. The lowest BCUT2D eigenvalue weighted by atomic mass is 9.99. The van der Waals surface area contributed by atoms with E-state index in [4.69, 9.17) is 4.74 Å². The summed E-state index contributed by atoms with van der Waals surface area (Å²) in [5, 5.41) is 19.0. The van der Waals surface area contributed by atoms with Crippen molar-refractivity contribution in [3.63, 3.8) is 0 Å². The number of benzene rings is 1. The van der Waals surface area contributed by atoms with Crippen LogP contribution < -0.4 is 16.0 Å². The Labute approximate surface area is 227 Å². The molecule has 0 saturated heterocycles. The molecular formula is C28H47N3O5S. The van der Waals surface area contributed by atoms with Gasteiger partial charge < -0.3 is 25.8 Å². The van der Waals surface area contributed by atoms with Crippen molar-refractivity contribution in [2.45, 2.75) is 98.1 Å². The molecule has 37 heavy (non-hydrogen) atoms. The molecule has 4 N–H and O–H groups in total. The Hall–Kier alpha value is -2.26. The van der Waals surface area contributed by atoms with E-state index in [2.05, 4.69) is 29.8 Å². The lowest BCUT2D eigenvalue weighted by Gasteiger charge is -2.28. The van der Waals surface area contributed by atoms with Gasteiger partial charge in [-0.1, -0.05) is 58.0 Å². The molecule has 0 aliphatic rings. The molecule has 1 aromatic carbocycles. The molecule has 0 bridgehead atoms. The monoisotopic (exact) mass is 537 g/mol. The molecule has 0 aromatic heterocycles. The fourth-order valence-electron chi connectivity index (χ4n) is 3.56. The molecule has 3 amide bonds. The summed E-state index contributed by atoms with van der Waals surface area (Å²) in [6, 6.07) is 7.08. The van der Waals surface area contributed by atoms with Crippen molar-refractivity contribution in [2.24, 2.45) is 11.8 Å². The maximum absolute atomic E-state index is 13.2. The standard InChI is InChI=1S/C28H47N3O5S/c1-18(2)14-22(24(32)17-37-16-19(3)4)30-25(33)20(5)29-26(34)23(15-21-12-10-9-11-13-21)31-27(35)36-28(6,7)8/h9-13,18-20,22-24,32H,14-17H2,1-8H3,(H,29,34)(H,30,33)(H,31,35)/t20-,22+,23-,24+/m0/s1. The first-order chi connectivity index (χ1) is 17.2. The number of nitrogens with one attached hydrogen (secondary N) is 3. The Morgan fingerprint density at radius 2 is 1.51 bits per heavy atom. The Bertz CT molecular complexity index is 842. The predicted octanol–water partition coefficient (Wildman–Crippen LogP) is 3.91. The van der Waals surface area contributed by atoms with E-state index >= 15 is 0 Å². The number of aliphatic hydroxyl groups excluding tert-OH is 1. The number of thioether (sulfide) groups is 1. The second kappa shape index (κ2) is 15.9. The molecule has 8 nitrogen and oxygen atoms in total. The van der Waals surface area contributed by atoms with Crippen molar-refractivity contribution in [3.8, 4) is 0 Å². The van der Waals surface area contributed by atoms with Crippen molar-refractivity contribution in [1.82, 2.24) is 16.0 Å². The van der Waals surface area contributed by atoms with Crippen molar-refractivity contribution in [2.75, 3.05) is 11.5 Å². The van der Waals surface area contributed by atoms with Crippen LogP contribution in [0, 0.1) is 11.8 Å². The summed E-state index contributed by atoms with van der Waals surface area (Å²) in [6.45, 7) is 15.1. The van der Waals surface area contributed by atoms with Crippen molar-refractivity contribution in [3.05, 3.63) is 35.9 Å². The van der Waals surface area contributed by atoms with Crippen LogP contribution in [0.1, 0.15) is 67.4 Å². The molecule has 0 heterocycles. The van der Waals surface area contributed by atoms with Gasteiger partial charge in [-0.15, -0.1) is 0 Å². The average Bonchev–Trinajstić information content (AvgIpc) is 2.76. The van der Waals surface area contributed by atoms with Gasteiger partial charge in [0.1, 0.15) is 17.7 Å². The van der Waals surface area contributed by atoms with Crippen molar-refractivity contribution < 1.29 is 24.2 Å². The SMILES string of the molecule is CC(C)CSC[C@@H](O)[C@@H](CC(C)C)NC(=O)[C@H](C)NC(=O)[C@H](Cc1ccccc1)NC(=O)OC(C)(C)C. The average molecular weight is 538 g/mol. The van der Waals surface area contributed by atoms with E-state index in [0.717, 1.165) is 11.3 Å². The van der Waals surface area contributed by atoms with Crippen LogP contribution in [0.4, 0.5) is 4.79 Å². The zero-order valence-corrected chi connectivity index (χ0v) is 24.5. The first-order valence-electron chi connectivity index (χ1n) is 13.1. The molecule has 0 radical (unpaired) electrons. The number of hydrogen-bond donors (Lipinski definition) is 4. The fourth-order valence-corrected chi connectivity index (χ4v) is 4.64. The minimum Gasteiger partial charge on any atom is -0.444 e. The summed E-state index contributed by atoms with van der Waals surface area (Å²) in [5.41, 5.74) is 0.139. The molecule has 1 rings (SSSR count). The summed E-state index contributed by atoms with van der Waals surface area (Å²) < 4.78 is 5.33. The number of hydrogen-bond acceptors (Lipinski definition) is 6. The number of amides is 3. The molecular weight excluding hydrogens is 490 g/mol. The molecule has 210 valence electrons. The second-order valence-corrected chi connectivity index (χ2v) is 12.4. The van der Waals surface area contributed by atoms with Gasteiger partial charge in [0.25, 0.3) is 0 Å². The highest BCUT2D eigenvalue weighted by molar-refractivity contribution is 7.99. The number of ether oxygens (including phenoxy) is 1. The molecule has 0 aliphatic carbocycles. The van der Waals surface area contributed by atoms with Crippen molar-refractivity contribution >= 4 is 29.7 Å². The third-order valence-corrected chi connectivity index (χ3v) is 6.78. The summed E-state index contributed by atoms with van der Waals surface area (Å²) in [7, 11) is 0. The van der Waals surface area contributed by atoms with Gasteiger partial charge in [-0.05, 0) is 57.3 Å². The molecule has 0 saturated carbocycles. The molecule has 0 unspecified atom stereocenters. The lowest BCUT2D eigenvalue weighted by Crippen LogP contribution is -2.56. The first kappa shape index (κ1) is 32.8. The summed E-state index contributed by atoms with van der Waals surface area (Å²) >= 11 is 1.66. The summed E-state index contributed by atoms with van der Waals surface area (Å²) in [5.74, 6) is 1.36. The van der Waals surface area contributed by atoms with Crippen LogP contribution >= 0.6 is 11.8 Å². The van der Waals surface area contributed by atoms with Gasteiger partial charge in [0.15, 0.2) is 0 Å². The van der Waals surface area contributed by atoms with Crippen LogP contribution in [-0.2, 0) is 20.7 Å². The highest BCUT2D eigenvalue weighted by Gasteiger charge is 2.29. The fraction of sp³-hybridized carbons (Fsp3) is 0.679. The van der Waals surface area contributed by atoms with Crippen LogP contribution in [0.2, 0.25) is 0 Å². The van der Waals surface area contributed by atoms with Gasteiger partial charge in [0.05, 0.1) is 12.1 Å². The number of alkyl carbamates (subject to hydrolysis) is 1. The van der Waals surface area contributed by atoms with E-state index < -0.39 is 41.8 Å². The van der Waals surface area contributed by atoms with Gasteiger partial charge in [-0.2, -0.15) is 11.8 Å². The molecule has 1 aromatic rings. The Morgan fingerprint density at radius 3 is 2.05 bits per heavy atom. The number of carbonyl (C=O) groups excluding carboxylic acids is 3. The zero-order valence-electron chi connectivity index (χ0n) is 23.7. The Morgan fingerprint density at radius 1 is 0.892 bits per heavy atom. The first-order valence-corrected chi connectivity index (χ1v) is 14.2. The van der Waals surface area contributed by atoms with Gasteiger partial charge in [0.2, 0.25) is 11.8 Å². The molecule has 0 fully saturated rings. The van der Waals surface area contributed by atoms with E-state index in [1.54, 1.807) is 39.5 Å². The van der Waals surface area contributed by atoms with Gasteiger partial charge in [-0.25, -0.2) is 4.79 Å². The molecule has 9 heteroatoms. The minimum atomic E-state index is -0.933. The van der Waals surface area contributed by atoms with E-state index in [9.17, 15) is 19.5 Å². The second-order valence-electron chi connectivity index (χ2n) is 11.4. The normalized spacial score (nSPS) is 15.0. The zero-order chi connectivity index (χ0) is 28.2. The Kier molecular flexibility index (Phi) is 14.1. The van der Waals surface area contributed by atoms with Crippen LogP contribution in [-0.4, -0.2) is 64.4 Å². The van der Waals surface area contributed by atoms with Gasteiger partial charge in [-0.3, -0.25) is 9.59 Å². The maximum Gasteiger partial charge on any atom is 0.408 e. The van der Waals surface area contributed by atoms with Gasteiger partial charge >= 0.3 is 6.09 Å². The van der Waals surface area contributed by atoms with E-state index in [0.29, 0.717) is 18.1 Å². The van der Waals surface area contributed by atoms with E-state index in [1.807, 2.05) is 44.2 Å². The third kappa shape index (κ3) is 14.3. The predicted molar refractivity (Wildman–Crippen MR) is 150 cm³/mol. The largest absolute Gasteiger partial charge is 0.444 e. The van der Waals surface area contributed by atoms with Crippen LogP contribution in [0.3, 0.4) is 0 Å². The third-order valence-electron chi connectivity index (χ3n) is 5.30. The van der Waals surface area contributed by atoms with Crippen LogP contribution in [0.25, 0.3) is 0 Å². The smallest absolute Gasteiger partial charge is 0.408 e. The quantitative estimate of drug-likeness (QED) is 0.286. The highest BCUT2D eigenvalue weighted by atomic mass is 32.2. The molecule has 4 atom stereocenters. The molecule has 0 spiro atoms. The number of aliphatic hydroxyl groups is 1. The highest BCUT2D eigenvalue weighted by Crippen LogP contribution is 2.15. The minimum absolute atomic E-state index is 0.238. The van der Waals surface area contributed by atoms with Gasteiger partial charge in [0, 0.05) is 12.2 Å². The van der Waals surface area contributed by atoms with Crippen LogP contribution in [0.15, 0.2) is 30.3 Å². The number of rotatable bonds is 14. The van der Waals surface area contributed by atoms with E-state index in [1.165, 1.54) is 0 Å². The van der Waals surface area contributed by atoms with Crippen molar-refractivity contribution in [1.29, 1.82) is 0 Å². The number of carbonyl (C=O) groups is 3. The summed E-state index contributed by atoms with van der Waals surface area (Å²) in [4.78, 5) is 38.6. The van der Waals surface area contributed by atoms with E-state index in [-0.39, 0.29) is 18.2 Å². The molecule has 0 aliphatic heterocycles.